The maximum absolute atomic E-state index is 14.4. The number of urea groups is 1. The van der Waals surface area contributed by atoms with E-state index < -0.39 is 17.7 Å². The van der Waals surface area contributed by atoms with Crippen LogP contribution in [0.5, 0.6) is 0 Å². The van der Waals surface area contributed by atoms with Crippen molar-refractivity contribution in [3.63, 3.8) is 0 Å². The molecule has 0 bridgehead atoms. The molecule has 2 amide bonds. The van der Waals surface area contributed by atoms with Crippen LogP contribution in [-0.2, 0) is 0 Å². The Bertz CT molecular complexity index is 1370. The van der Waals surface area contributed by atoms with Crippen LogP contribution in [0.3, 0.4) is 0 Å². The maximum atomic E-state index is 14.4. The van der Waals surface area contributed by atoms with Gasteiger partial charge in [-0.25, -0.2) is 18.6 Å². The quantitative estimate of drug-likeness (QED) is 0.410. The molecule has 1 aliphatic rings. The van der Waals surface area contributed by atoms with Crippen LogP contribution in [0.4, 0.5) is 30.6 Å². The standard InChI is InChI=1S/C22H13F2N3O2S/c1-11-5-6-12(13-3-2-4-14(23)19(13)24)9-16(11)27-15-7-8-25-21-18(15)20(26-22(27)29)17(10-28)30-21/h2-10H,1H3,(H,26,29). The van der Waals surface area contributed by atoms with E-state index in [1.54, 1.807) is 30.5 Å². The molecular formula is C22H13F2N3O2S. The summed E-state index contributed by atoms with van der Waals surface area (Å²) in [5.74, 6) is -1.89. The van der Waals surface area contributed by atoms with Crippen LogP contribution in [0.2, 0.25) is 0 Å². The van der Waals surface area contributed by atoms with E-state index in [0.29, 0.717) is 44.0 Å². The van der Waals surface area contributed by atoms with Crippen molar-refractivity contribution >= 4 is 50.9 Å². The van der Waals surface area contributed by atoms with E-state index in [9.17, 15) is 18.4 Å². The number of aryl methyl sites for hydroxylation is 1. The van der Waals surface area contributed by atoms with Crippen molar-refractivity contribution in [2.75, 3.05) is 10.2 Å². The highest BCUT2D eigenvalue weighted by atomic mass is 32.1. The van der Waals surface area contributed by atoms with Gasteiger partial charge in [0.2, 0.25) is 0 Å². The Balaban J connectivity index is 1.73. The van der Waals surface area contributed by atoms with Gasteiger partial charge in [0.05, 0.1) is 27.3 Å². The van der Waals surface area contributed by atoms with E-state index in [1.165, 1.54) is 28.4 Å². The summed E-state index contributed by atoms with van der Waals surface area (Å²) < 4.78 is 28.1. The second kappa shape index (κ2) is 6.70. The molecule has 2 aromatic carbocycles. The van der Waals surface area contributed by atoms with E-state index in [1.807, 2.05) is 6.92 Å². The molecule has 2 aromatic heterocycles. The van der Waals surface area contributed by atoms with Gasteiger partial charge in [-0.15, -0.1) is 11.3 Å². The predicted octanol–water partition coefficient (Wildman–Crippen LogP) is 6.05. The average Bonchev–Trinajstić information content (AvgIpc) is 3.10. The van der Waals surface area contributed by atoms with Crippen molar-refractivity contribution in [2.45, 2.75) is 6.92 Å². The molecule has 3 heterocycles. The minimum absolute atomic E-state index is 0.105. The molecule has 1 N–H and O–H groups in total. The second-order valence-corrected chi connectivity index (χ2v) is 7.87. The van der Waals surface area contributed by atoms with Crippen molar-refractivity contribution in [1.82, 2.24) is 4.98 Å². The highest BCUT2D eigenvalue weighted by molar-refractivity contribution is 7.21. The van der Waals surface area contributed by atoms with Gasteiger partial charge in [0.15, 0.2) is 17.9 Å². The Morgan fingerprint density at radius 1 is 1.13 bits per heavy atom. The highest BCUT2D eigenvalue weighted by Crippen LogP contribution is 2.46. The molecule has 148 valence electrons. The number of nitrogens with one attached hydrogen (secondary N) is 1. The number of halogens is 2. The van der Waals surface area contributed by atoms with Crippen LogP contribution in [0.15, 0.2) is 48.7 Å². The summed E-state index contributed by atoms with van der Waals surface area (Å²) in [5.41, 5.74) is 2.85. The summed E-state index contributed by atoms with van der Waals surface area (Å²) in [7, 11) is 0. The fraction of sp³-hybridized carbons (Fsp3) is 0.0455. The average molecular weight is 421 g/mol. The molecule has 5 nitrogen and oxygen atoms in total. The van der Waals surface area contributed by atoms with Crippen LogP contribution in [0.1, 0.15) is 15.2 Å². The van der Waals surface area contributed by atoms with Gasteiger partial charge >= 0.3 is 6.03 Å². The number of pyridine rings is 1. The SMILES string of the molecule is Cc1ccc(-c2cccc(F)c2F)cc1N1C(=O)Nc2c(C=O)sc3nccc1c23. The molecule has 5 rings (SSSR count). The number of aromatic nitrogens is 1. The van der Waals surface area contributed by atoms with Gasteiger partial charge in [-0.1, -0.05) is 24.3 Å². The number of rotatable bonds is 3. The first-order chi connectivity index (χ1) is 14.5. The van der Waals surface area contributed by atoms with E-state index in [-0.39, 0.29) is 5.56 Å². The van der Waals surface area contributed by atoms with Gasteiger partial charge in [0.1, 0.15) is 4.83 Å². The largest absolute Gasteiger partial charge is 0.331 e. The van der Waals surface area contributed by atoms with Gasteiger partial charge < -0.3 is 5.32 Å². The number of amides is 2. The molecule has 4 aromatic rings. The lowest BCUT2D eigenvalue weighted by Gasteiger charge is -2.29. The molecule has 0 saturated carbocycles. The third-order valence-corrected chi connectivity index (χ3v) is 6.12. The number of carbonyl (C=O) groups is 2. The highest BCUT2D eigenvalue weighted by Gasteiger charge is 2.31. The first-order valence-corrected chi connectivity index (χ1v) is 9.84. The molecular weight excluding hydrogens is 408 g/mol. The topological polar surface area (TPSA) is 62.3 Å². The predicted molar refractivity (Wildman–Crippen MR) is 113 cm³/mol. The number of thiophene rings is 1. The summed E-state index contributed by atoms with van der Waals surface area (Å²) in [6.07, 6.45) is 2.27. The Morgan fingerprint density at radius 3 is 2.77 bits per heavy atom. The van der Waals surface area contributed by atoms with Crippen molar-refractivity contribution in [3.8, 4) is 11.1 Å². The summed E-state index contributed by atoms with van der Waals surface area (Å²) in [6.45, 7) is 1.83. The zero-order valence-electron chi connectivity index (χ0n) is 15.6. The zero-order valence-corrected chi connectivity index (χ0v) is 16.4. The van der Waals surface area contributed by atoms with Crippen LogP contribution >= 0.6 is 11.3 Å². The minimum Gasteiger partial charge on any atom is -0.305 e. The van der Waals surface area contributed by atoms with Crippen LogP contribution in [0.25, 0.3) is 21.3 Å². The molecule has 0 fully saturated rings. The maximum Gasteiger partial charge on any atom is 0.331 e. The Labute approximate surface area is 173 Å². The fourth-order valence-corrected chi connectivity index (χ4v) is 4.61. The van der Waals surface area contributed by atoms with Crippen molar-refractivity contribution in [1.29, 1.82) is 0 Å². The lowest BCUT2D eigenvalue weighted by atomic mass is 10.0. The number of hydrogen-bond donors (Lipinski definition) is 1. The fourth-order valence-electron chi connectivity index (χ4n) is 3.67. The van der Waals surface area contributed by atoms with Crippen LogP contribution < -0.4 is 10.2 Å². The van der Waals surface area contributed by atoms with E-state index in [0.717, 1.165) is 11.6 Å². The molecule has 0 atom stereocenters. The smallest absolute Gasteiger partial charge is 0.305 e. The first-order valence-electron chi connectivity index (χ1n) is 9.02. The number of aldehydes is 1. The van der Waals surface area contributed by atoms with Gasteiger partial charge in [0.25, 0.3) is 0 Å². The summed E-state index contributed by atoms with van der Waals surface area (Å²) >= 11 is 1.20. The summed E-state index contributed by atoms with van der Waals surface area (Å²) in [4.78, 5) is 31.2. The van der Waals surface area contributed by atoms with Crippen molar-refractivity contribution < 1.29 is 18.4 Å². The molecule has 30 heavy (non-hydrogen) atoms. The van der Waals surface area contributed by atoms with Gasteiger partial charge in [-0.2, -0.15) is 0 Å². The number of nitrogens with zero attached hydrogens (tertiary/aromatic N) is 2. The summed E-state index contributed by atoms with van der Waals surface area (Å²) in [6, 6.07) is 10.3. The number of benzene rings is 2. The van der Waals surface area contributed by atoms with Crippen LogP contribution in [0, 0.1) is 18.6 Å². The Morgan fingerprint density at radius 2 is 1.97 bits per heavy atom. The van der Waals surface area contributed by atoms with Gasteiger partial charge in [-0.3, -0.25) is 9.69 Å². The third kappa shape index (κ3) is 2.61. The molecule has 0 unspecified atom stereocenters. The molecule has 0 radical (unpaired) electrons. The molecule has 0 saturated heterocycles. The van der Waals surface area contributed by atoms with Gasteiger partial charge in [0, 0.05) is 11.8 Å². The Kier molecular flexibility index (Phi) is 4.11. The molecule has 1 aliphatic heterocycles. The molecule has 0 aliphatic carbocycles. The van der Waals surface area contributed by atoms with E-state index in [2.05, 4.69) is 10.3 Å². The molecule has 0 spiro atoms. The third-order valence-electron chi connectivity index (χ3n) is 5.09. The molecule has 8 heteroatoms. The lowest BCUT2D eigenvalue weighted by molar-refractivity contribution is 0.112. The van der Waals surface area contributed by atoms with Gasteiger partial charge in [-0.05, 0) is 36.2 Å². The normalized spacial score (nSPS) is 12.9. The lowest BCUT2D eigenvalue weighted by Crippen LogP contribution is -2.34. The second-order valence-electron chi connectivity index (χ2n) is 6.84. The zero-order chi connectivity index (χ0) is 21.0. The van der Waals surface area contributed by atoms with Crippen molar-refractivity contribution in [3.05, 3.63) is 70.7 Å². The van der Waals surface area contributed by atoms with E-state index in [4.69, 9.17) is 0 Å². The van der Waals surface area contributed by atoms with Crippen LogP contribution in [-0.4, -0.2) is 17.3 Å². The van der Waals surface area contributed by atoms with E-state index >= 15 is 0 Å². The van der Waals surface area contributed by atoms with Crippen molar-refractivity contribution in [2.24, 2.45) is 0 Å². The first kappa shape index (κ1) is 18.4. The number of hydrogen-bond acceptors (Lipinski definition) is 4. The monoisotopic (exact) mass is 421 g/mol. The summed E-state index contributed by atoms with van der Waals surface area (Å²) in [5, 5.41) is 3.44. The minimum atomic E-state index is -0.947. The number of anilines is 3. The number of carbonyl (C=O) groups excluding carboxylic acids is 2. The Hall–Kier alpha value is -3.65.